The van der Waals surface area contributed by atoms with Crippen LogP contribution < -0.4 is 43.9 Å². The molecule has 13 rings (SSSR count). The lowest BCUT2D eigenvalue weighted by Crippen LogP contribution is -2.17. The molecule has 0 aliphatic heterocycles. The van der Waals surface area contributed by atoms with E-state index in [1.165, 1.54) is 36.8 Å². The minimum absolute atomic E-state index is 0.000811. The molecule has 4 aromatic carbocycles. The number of nitrogens with one attached hydrogen (secondary N) is 2. The van der Waals surface area contributed by atoms with E-state index < -0.39 is 50.2 Å². The molecule has 33 heteroatoms. The van der Waals surface area contributed by atoms with Gasteiger partial charge in [0.15, 0.2) is 5.03 Å². The van der Waals surface area contributed by atoms with Crippen LogP contribution in [0.15, 0.2) is 209 Å². The standard InChI is InChI=1S/C29H33NO7.C25H31N3O7S.C21H27NO5.C11H16O5.C6H6O3/c1-34-15-16-35-14-6-11-24-18-25(31)27(28(32)37-24)26(21-12-13-21)22-9-5-10-23(17-22)30-29(33)36-19-20-7-3-2-4-8-20;1-28-15-22(26-16-28)36(31,32)27-19-6-3-5-18(13-19)23(17-8-9-17)24-21(29)14-20(35-25(24)30)7-4-10-34-12-11-33-2;1-25-10-11-26-9-3-6-17-13-18(23)20(21(24)27-17)19(14-7-8-14)15-4-2-5-16(22)12-15;1-14-5-6-15-4-2-3-10-7-9(12)8-11(13)16-10;1-4-2-5(7)3-6(8)9-4/h2-5,7-10,17-18,21,26,31H,6,11-16,19H2,1H3,(H,30,33);3,5-6,13-17,23,27,29H,4,7-12H2,1-2H3;2,4-5,12-14,19,23H,3,6-11,22H2,1H3;7-8,12H,2-6H2,1H3;2-3,7H,1H3. The molecule has 3 saturated carbocycles. The highest BCUT2D eigenvalue weighted by Crippen LogP contribution is 2.51. The van der Waals surface area contributed by atoms with Crippen LogP contribution in [-0.2, 0) is 92.0 Å². The van der Waals surface area contributed by atoms with Gasteiger partial charge >= 0.3 is 34.2 Å². The summed E-state index contributed by atoms with van der Waals surface area (Å²) in [5, 5.41) is 52.8. The van der Waals surface area contributed by atoms with Crippen LogP contribution in [0.5, 0.6) is 28.7 Å². The van der Waals surface area contributed by atoms with Gasteiger partial charge in [0.05, 0.1) is 88.0 Å². The van der Waals surface area contributed by atoms with Crippen molar-refractivity contribution in [3.63, 3.8) is 0 Å². The zero-order chi connectivity index (χ0) is 89.6. The van der Waals surface area contributed by atoms with Crippen LogP contribution in [0.2, 0.25) is 0 Å². The quantitative estimate of drug-likeness (QED) is 0.0130. The van der Waals surface area contributed by atoms with Crippen molar-refractivity contribution in [3.05, 3.63) is 278 Å². The summed E-state index contributed by atoms with van der Waals surface area (Å²) in [7, 11) is 4.28. The van der Waals surface area contributed by atoms with Crippen molar-refractivity contribution in [2.75, 3.05) is 123 Å². The zero-order valence-corrected chi connectivity index (χ0v) is 72.0. The van der Waals surface area contributed by atoms with Gasteiger partial charge in [0.2, 0.25) is 0 Å². The first-order chi connectivity index (χ1) is 60.3. The Morgan fingerprint density at radius 1 is 0.472 bits per heavy atom. The average Bonchev–Trinajstić information content (AvgIpc) is 1.70. The number of methoxy groups -OCH3 is 4. The number of rotatable bonds is 43. The third kappa shape index (κ3) is 32.8. The zero-order valence-electron chi connectivity index (χ0n) is 71.2. The number of nitrogens with zero attached hydrogens (tertiary/aromatic N) is 2. The maximum Gasteiger partial charge on any atom is 0.411 e. The smallest absolute Gasteiger partial charge is 0.411 e. The lowest BCUT2D eigenvalue weighted by atomic mass is 9.87. The Morgan fingerprint density at radius 3 is 1.24 bits per heavy atom. The molecule has 3 aliphatic carbocycles. The number of hydrogen-bond donors (Lipinski definition) is 8. The molecular weight excluding hydrogens is 1640 g/mol. The maximum atomic E-state index is 13.0. The highest BCUT2D eigenvalue weighted by Gasteiger charge is 2.40. The number of carbonyl (C=O) groups is 1. The fourth-order valence-corrected chi connectivity index (χ4v) is 14.8. The van der Waals surface area contributed by atoms with Gasteiger partial charge in [-0.1, -0.05) is 66.7 Å². The Hall–Kier alpha value is -11.7. The summed E-state index contributed by atoms with van der Waals surface area (Å²) in [5.74, 6) is 1.66. The number of amides is 1. The minimum atomic E-state index is -3.87. The van der Waals surface area contributed by atoms with Gasteiger partial charge in [-0.05, 0) is 148 Å². The van der Waals surface area contributed by atoms with E-state index in [1.54, 1.807) is 77.3 Å². The van der Waals surface area contributed by atoms with E-state index >= 15 is 0 Å². The van der Waals surface area contributed by atoms with Crippen molar-refractivity contribution < 1.29 is 103 Å². The second-order valence-electron chi connectivity index (χ2n) is 30.1. The molecule has 32 nitrogen and oxygen atoms in total. The SMILES string of the molecule is COCCOCCCc1cc(O)c(C(c2cccc(N)c2)C2CC2)c(=O)o1.COCCOCCCc1cc(O)c(C(c2cccc(NC(=O)OCc3ccccc3)c2)C2CC2)c(=O)o1.COCCOCCCc1cc(O)c(C(c2cccc(NS(=O)(=O)c3cn(C)cn3)c2)C2CC2)c(=O)o1.COCCOCCCc1cc(O)cc(=O)o1.Cc1cc(O)cc(=O)o1. The number of anilines is 3. The molecule has 674 valence electrons. The second kappa shape index (κ2) is 50.3. The number of carbonyl (C=O) groups excluding carboxylic acids is 1. The Balaban J connectivity index is 0.000000188. The first kappa shape index (κ1) is 97.2. The first-order valence-corrected chi connectivity index (χ1v) is 42.8. The molecule has 6 aromatic heterocycles. The van der Waals surface area contributed by atoms with Crippen LogP contribution in [0.3, 0.4) is 0 Å². The number of sulfonamides is 1. The normalized spacial score (nSPS) is 13.6. The first-order valence-electron chi connectivity index (χ1n) is 41.4. The molecule has 0 bridgehead atoms. The van der Waals surface area contributed by atoms with Crippen LogP contribution >= 0.6 is 0 Å². The van der Waals surface area contributed by atoms with E-state index in [9.17, 15) is 52.5 Å². The van der Waals surface area contributed by atoms with Gasteiger partial charge in [0.1, 0.15) is 64.2 Å². The fourth-order valence-electron chi connectivity index (χ4n) is 13.7. The Kier molecular flexibility index (Phi) is 39.1. The number of nitrogen functional groups attached to an aromatic ring is 1. The van der Waals surface area contributed by atoms with Crippen LogP contribution in [0.25, 0.3) is 0 Å². The van der Waals surface area contributed by atoms with Crippen LogP contribution in [0.4, 0.5) is 21.9 Å². The molecule has 0 spiro atoms. The predicted molar refractivity (Wildman–Crippen MR) is 464 cm³/mol. The third-order valence-corrected chi connectivity index (χ3v) is 21.2. The molecule has 9 N–H and O–H groups in total. The molecule has 3 unspecified atom stereocenters. The van der Waals surface area contributed by atoms with Gasteiger partial charge in [0.25, 0.3) is 10.0 Å². The minimum Gasteiger partial charge on any atom is -0.508 e. The summed E-state index contributed by atoms with van der Waals surface area (Å²) in [5.41, 5.74) is 8.99. The lowest BCUT2D eigenvalue weighted by molar-refractivity contribution is 0.0690. The van der Waals surface area contributed by atoms with E-state index in [4.69, 9.17) is 76.2 Å². The molecule has 3 atom stereocenters. The molecule has 6 heterocycles. The summed E-state index contributed by atoms with van der Waals surface area (Å²) in [6, 6.07) is 40.6. The lowest BCUT2D eigenvalue weighted by Gasteiger charge is -2.19. The number of hydrogen-bond acceptors (Lipinski definition) is 29. The highest BCUT2D eigenvalue weighted by atomic mass is 32.2. The molecule has 0 saturated heterocycles. The molecule has 125 heavy (non-hydrogen) atoms. The summed E-state index contributed by atoms with van der Waals surface area (Å²) in [4.78, 5) is 76.2. The van der Waals surface area contributed by atoms with Crippen molar-refractivity contribution >= 4 is 33.2 Å². The Morgan fingerprint density at radius 2 is 0.864 bits per heavy atom. The Labute approximate surface area is 723 Å². The summed E-state index contributed by atoms with van der Waals surface area (Å²) in [6.45, 7) is 8.13. The van der Waals surface area contributed by atoms with Crippen LogP contribution in [-0.4, -0.2) is 157 Å². The van der Waals surface area contributed by atoms with Crippen LogP contribution in [0, 0.1) is 24.7 Å². The molecule has 3 aliphatic rings. The highest BCUT2D eigenvalue weighted by molar-refractivity contribution is 7.92. The number of ether oxygens (including phenoxy) is 9. The number of aryl methyl sites for hydroxylation is 6. The van der Waals surface area contributed by atoms with Gasteiger partial charge in [-0.2, -0.15) is 8.42 Å². The van der Waals surface area contributed by atoms with E-state index in [-0.39, 0.29) is 75.2 Å². The van der Waals surface area contributed by atoms with Crippen LogP contribution in [0.1, 0.15) is 150 Å². The van der Waals surface area contributed by atoms with Crippen molar-refractivity contribution in [1.82, 2.24) is 9.55 Å². The van der Waals surface area contributed by atoms with Crippen molar-refractivity contribution in [1.29, 1.82) is 0 Å². The maximum absolute atomic E-state index is 13.0. The van der Waals surface area contributed by atoms with Gasteiger partial charge in [0, 0.05) is 159 Å². The molecule has 10 aromatic rings. The Bertz CT molecular complexity index is 5420. The van der Waals surface area contributed by atoms with E-state index in [0.717, 1.165) is 79.3 Å². The van der Waals surface area contributed by atoms with Gasteiger partial charge in [-0.25, -0.2) is 33.8 Å². The van der Waals surface area contributed by atoms with Crippen molar-refractivity contribution in [2.45, 2.75) is 126 Å². The number of aromatic nitrogens is 2. The van der Waals surface area contributed by atoms with Crippen molar-refractivity contribution in [2.24, 2.45) is 24.8 Å². The number of benzene rings is 4. The molecule has 3 fully saturated rings. The fraction of sp³-hybridized carbons (Fsp3) is 0.424. The van der Waals surface area contributed by atoms with E-state index in [0.29, 0.717) is 182 Å². The molecular formula is C92H113N5O27S. The van der Waals surface area contributed by atoms with Crippen molar-refractivity contribution in [3.8, 4) is 28.7 Å². The van der Waals surface area contributed by atoms with E-state index in [2.05, 4.69) is 19.4 Å². The third-order valence-electron chi connectivity index (χ3n) is 20.0. The molecule has 1 amide bonds. The number of aromatic hydroxyl groups is 5. The second-order valence-corrected chi connectivity index (χ2v) is 31.7. The average molecular weight is 1750 g/mol. The largest absolute Gasteiger partial charge is 0.508 e. The van der Waals surface area contributed by atoms with Gasteiger partial charge in [-0.3, -0.25) is 10.0 Å². The summed E-state index contributed by atoms with van der Waals surface area (Å²) in [6.07, 6.45) is 12.8. The summed E-state index contributed by atoms with van der Waals surface area (Å²) >= 11 is 0. The van der Waals surface area contributed by atoms with Gasteiger partial charge in [-0.15, -0.1) is 0 Å². The topological polar surface area (TPSA) is 454 Å². The number of imidazole rings is 1. The summed E-state index contributed by atoms with van der Waals surface area (Å²) < 4.78 is 102. The molecule has 0 radical (unpaired) electrons. The predicted octanol–water partition coefficient (Wildman–Crippen LogP) is 12.9. The monoisotopic (exact) mass is 1750 g/mol. The number of nitrogens with two attached hydrogens (primary N) is 1. The van der Waals surface area contributed by atoms with E-state index in [1.807, 2.05) is 78.9 Å². The van der Waals surface area contributed by atoms with Gasteiger partial charge < -0.3 is 101 Å².